The van der Waals surface area contributed by atoms with Crippen molar-refractivity contribution >= 4 is 23.3 Å². The van der Waals surface area contributed by atoms with E-state index in [4.69, 9.17) is 9.72 Å². The van der Waals surface area contributed by atoms with Crippen LogP contribution in [0, 0.1) is 6.92 Å². The third kappa shape index (κ3) is 3.71. The van der Waals surface area contributed by atoms with Crippen LogP contribution in [-0.2, 0) is 16.6 Å². The van der Waals surface area contributed by atoms with E-state index in [1.807, 2.05) is 48.2 Å². The van der Waals surface area contributed by atoms with E-state index in [1.165, 1.54) is 11.1 Å². The van der Waals surface area contributed by atoms with Crippen LogP contribution in [0.25, 0.3) is 11.1 Å². The van der Waals surface area contributed by atoms with E-state index in [-0.39, 0.29) is 17.2 Å². The largest absolute Gasteiger partial charge is 0.492 e. The number of nitrogens with zero attached hydrogens (tertiary/aromatic N) is 3. The average molecular weight is 509 g/mol. The zero-order chi connectivity index (χ0) is 25.9. The summed E-state index contributed by atoms with van der Waals surface area (Å²) >= 11 is 0. The number of anilines is 2. The van der Waals surface area contributed by atoms with Gasteiger partial charge in [-0.05, 0) is 93.2 Å². The number of ether oxygens (including phenoxy) is 1. The molecule has 2 saturated heterocycles. The number of nitrogens with one attached hydrogen (secondary N) is 1. The molecule has 3 aromatic rings. The highest BCUT2D eigenvalue weighted by molar-refractivity contribution is 6.07. The molecule has 1 N–H and O–H groups in total. The normalized spacial score (nSPS) is 19.6. The number of pyridine rings is 1. The maximum absolute atomic E-state index is 13.6. The molecule has 2 aromatic carbocycles. The molecular weight excluding hydrogens is 476 g/mol. The van der Waals surface area contributed by atoms with Gasteiger partial charge in [0.15, 0.2) is 0 Å². The zero-order valence-corrected chi connectivity index (χ0v) is 21.8. The van der Waals surface area contributed by atoms with Crippen LogP contribution in [0.1, 0.15) is 52.9 Å². The number of aromatic nitrogens is 1. The van der Waals surface area contributed by atoms with Gasteiger partial charge in [-0.25, -0.2) is 4.98 Å². The van der Waals surface area contributed by atoms with Crippen molar-refractivity contribution in [3.8, 4) is 16.9 Å². The van der Waals surface area contributed by atoms with Gasteiger partial charge in [-0.15, -0.1) is 0 Å². The molecule has 0 saturated carbocycles. The lowest BCUT2D eigenvalue weighted by Crippen LogP contribution is -2.41. The van der Waals surface area contributed by atoms with Crippen LogP contribution >= 0.6 is 0 Å². The lowest BCUT2D eigenvalue weighted by molar-refractivity contribution is -0.117. The number of carbonyl (C=O) groups is 2. The SMILES string of the molecule is Cc1nc(N2CCCC2=O)ccc1-c1ccc(C(=O)N2CCc3cc4c(cc32)C2(CCNCC2)CO4)cc1. The van der Waals surface area contributed by atoms with Gasteiger partial charge < -0.3 is 15.0 Å². The number of hydrogen-bond donors (Lipinski definition) is 1. The summed E-state index contributed by atoms with van der Waals surface area (Å²) in [7, 11) is 0. The predicted molar refractivity (Wildman–Crippen MR) is 147 cm³/mol. The van der Waals surface area contributed by atoms with Crippen molar-refractivity contribution in [2.24, 2.45) is 0 Å². The third-order valence-corrected chi connectivity index (χ3v) is 8.82. The molecule has 0 radical (unpaired) electrons. The Morgan fingerprint density at radius 3 is 2.58 bits per heavy atom. The highest BCUT2D eigenvalue weighted by Gasteiger charge is 2.43. The summed E-state index contributed by atoms with van der Waals surface area (Å²) in [5.74, 6) is 1.90. The van der Waals surface area contributed by atoms with Gasteiger partial charge in [-0.1, -0.05) is 12.1 Å². The molecule has 0 unspecified atom stereocenters. The summed E-state index contributed by atoms with van der Waals surface area (Å²) in [6, 6.07) is 16.2. The molecule has 2 fully saturated rings. The molecule has 1 aromatic heterocycles. The Morgan fingerprint density at radius 2 is 1.84 bits per heavy atom. The standard InChI is InChI=1S/C31H32N4O3/c1-20-24(8-9-28(33-20)35-15-2-3-29(35)36)21-4-6-22(7-5-21)30(37)34-16-10-23-17-27-25(18-26(23)34)31(19-38-27)11-13-32-14-12-31/h4-9,17-18,32H,2-3,10-16,19H2,1H3. The fourth-order valence-corrected chi connectivity index (χ4v) is 6.61. The van der Waals surface area contributed by atoms with Crippen LogP contribution in [0.2, 0.25) is 0 Å². The van der Waals surface area contributed by atoms with Gasteiger partial charge in [-0.2, -0.15) is 0 Å². The number of hydrogen-bond acceptors (Lipinski definition) is 5. The van der Waals surface area contributed by atoms with Gasteiger partial charge in [0.05, 0.1) is 6.61 Å². The van der Waals surface area contributed by atoms with Crippen molar-refractivity contribution in [1.29, 1.82) is 0 Å². The van der Waals surface area contributed by atoms with Crippen molar-refractivity contribution in [2.75, 3.05) is 42.6 Å². The monoisotopic (exact) mass is 508 g/mol. The summed E-state index contributed by atoms with van der Waals surface area (Å²) in [6.07, 6.45) is 4.46. The van der Waals surface area contributed by atoms with E-state index in [1.54, 1.807) is 4.90 Å². The second kappa shape index (κ2) is 8.95. The number of amides is 2. The molecule has 0 aliphatic carbocycles. The highest BCUT2D eigenvalue weighted by atomic mass is 16.5. The van der Waals surface area contributed by atoms with E-state index < -0.39 is 0 Å². The number of rotatable bonds is 3. The second-order valence-electron chi connectivity index (χ2n) is 11.0. The molecule has 2 amide bonds. The predicted octanol–water partition coefficient (Wildman–Crippen LogP) is 4.40. The molecule has 0 bridgehead atoms. The topological polar surface area (TPSA) is 74.8 Å². The van der Waals surface area contributed by atoms with E-state index in [2.05, 4.69) is 17.4 Å². The van der Waals surface area contributed by atoms with Gasteiger partial charge in [-0.3, -0.25) is 14.5 Å². The first-order valence-electron chi connectivity index (χ1n) is 13.7. The minimum absolute atomic E-state index is 0.0336. The Hall–Kier alpha value is -3.71. The van der Waals surface area contributed by atoms with Gasteiger partial charge in [0.25, 0.3) is 5.91 Å². The number of fused-ring (bicyclic) bond motifs is 3. The number of aryl methyl sites for hydroxylation is 1. The maximum atomic E-state index is 13.6. The summed E-state index contributed by atoms with van der Waals surface area (Å²) in [5, 5.41) is 3.46. The quantitative estimate of drug-likeness (QED) is 0.568. The van der Waals surface area contributed by atoms with Crippen LogP contribution in [0.15, 0.2) is 48.5 Å². The third-order valence-electron chi connectivity index (χ3n) is 8.82. The van der Waals surface area contributed by atoms with Gasteiger partial charge >= 0.3 is 0 Å². The van der Waals surface area contributed by atoms with E-state index in [0.29, 0.717) is 18.5 Å². The molecule has 38 heavy (non-hydrogen) atoms. The second-order valence-corrected chi connectivity index (χ2v) is 11.0. The van der Waals surface area contributed by atoms with Gasteiger partial charge in [0.2, 0.25) is 5.91 Å². The summed E-state index contributed by atoms with van der Waals surface area (Å²) in [6.45, 7) is 6.14. The Bertz CT molecular complexity index is 1440. The van der Waals surface area contributed by atoms with Crippen molar-refractivity contribution < 1.29 is 14.3 Å². The highest BCUT2D eigenvalue weighted by Crippen LogP contribution is 2.48. The smallest absolute Gasteiger partial charge is 0.258 e. The van der Waals surface area contributed by atoms with Crippen molar-refractivity contribution in [3.05, 3.63) is 70.9 Å². The van der Waals surface area contributed by atoms with Gasteiger partial charge in [0.1, 0.15) is 11.6 Å². The Morgan fingerprint density at radius 1 is 1.03 bits per heavy atom. The Kier molecular flexibility index (Phi) is 5.51. The molecule has 7 nitrogen and oxygen atoms in total. The molecule has 4 aliphatic rings. The first-order valence-corrected chi connectivity index (χ1v) is 13.7. The molecule has 194 valence electrons. The number of benzene rings is 2. The molecule has 7 heteroatoms. The molecule has 5 heterocycles. The fourth-order valence-electron chi connectivity index (χ4n) is 6.61. The first-order chi connectivity index (χ1) is 18.5. The molecule has 0 atom stereocenters. The van der Waals surface area contributed by atoms with Crippen molar-refractivity contribution in [3.63, 3.8) is 0 Å². The molecular formula is C31H32N4O3. The number of piperidine rings is 1. The Balaban J connectivity index is 1.13. The lowest BCUT2D eigenvalue weighted by Gasteiger charge is -2.33. The van der Waals surface area contributed by atoms with Crippen LogP contribution in [0.4, 0.5) is 11.5 Å². The van der Waals surface area contributed by atoms with E-state index in [0.717, 1.165) is 86.0 Å². The summed E-state index contributed by atoms with van der Waals surface area (Å²) in [4.78, 5) is 34.2. The van der Waals surface area contributed by atoms with Crippen LogP contribution in [0.3, 0.4) is 0 Å². The van der Waals surface area contributed by atoms with Crippen LogP contribution in [-0.4, -0.2) is 49.6 Å². The zero-order valence-electron chi connectivity index (χ0n) is 21.8. The fraction of sp³-hybridized carbons (Fsp3) is 0.387. The number of carbonyl (C=O) groups excluding carboxylic acids is 2. The summed E-state index contributed by atoms with van der Waals surface area (Å²) < 4.78 is 6.15. The minimum atomic E-state index is 0.0336. The molecule has 1 spiro atoms. The van der Waals surface area contributed by atoms with Crippen molar-refractivity contribution in [1.82, 2.24) is 10.3 Å². The van der Waals surface area contributed by atoms with E-state index >= 15 is 0 Å². The van der Waals surface area contributed by atoms with Gasteiger partial charge in [0, 0.05) is 53.0 Å². The van der Waals surface area contributed by atoms with Crippen LogP contribution < -0.4 is 19.9 Å². The van der Waals surface area contributed by atoms with Crippen molar-refractivity contribution in [2.45, 2.75) is 44.4 Å². The first kappa shape index (κ1) is 23.4. The minimum Gasteiger partial charge on any atom is -0.492 e. The summed E-state index contributed by atoms with van der Waals surface area (Å²) in [5.41, 5.74) is 7.14. The Labute approximate surface area is 222 Å². The maximum Gasteiger partial charge on any atom is 0.258 e. The lowest BCUT2D eigenvalue weighted by atomic mass is 9.74. The average Bonchev–Trinajstić information content (AvgIpc) is 3.65. The van der Waals surface area contributed by atoms with E-state index in [9.17, 15) is 9.59 Å². The molecule has 4 aliphatic heterocycles. The van der Waals surface area contributed by atoms with Crippen LogP contribution in [0.5, 0.6) is 5.75 Å². The molecule has 7 rings (SSSR count).